The fourth-order valence-electron chi connectivity index (χ4n) is 0.963. The Balaban J connectivity index is 2.18. The largest absolute Gasteiger partial charge is 0.421 e. The van der Waals surface area contributed by atoms with Gasteiger partial charge in [-0.1, -0.05) is 0 Å². The van der Waals surface area contributed by atoms with Crippen molar-refractivity contribution in [3.63, 3.8) is 0 Å². The predicted octanol–water partition coefficient (Wildman–Crippen LogP) is 0.585. The molecular weight excluding hydrogens is 182 g/mol. The van der Waals surface area contributed by atoms with Crippen LogP contribution in [0.15, 0.2) is 24.8 Å². The molecule has 2 rings (SSSR count). The first-order valence-corrected chi connectivity index (χ1v) is 3.98. The zero-order chi connectivity index (χ0) is 9.97. The Morgan fingerprint density at radius 2 is 2.29 bits per heavy atom. The van der Waals surface area contributed by atoms with Crippen molar-refractivity contribution in [2.24, 2.45) is 7.05 Å². The van der Waals surface area contributed by atoms with Crippen LogP contribution in [0.3, 0.4) is 0 Å². The van der Waals surface area contributed by atoms with Gasteiger partial charge >= 0.3 is 6.01 Å². The van der Waals surface area contributed by atoms with Crippen molar-refractivity contribution < 1.29 is 4.74 Å². The number of hydrogen-bond donors (Lipinski definition) is 1. The minimum absolute atomic E-state index is 0.278. The number of anilines is 1. The van der Waals surface area contributed by atoms with Crippen LogP contribution in [0.1, 0.15) is 0 Å². The Morgan fingerprint density at radius 3 is 2.93 bits per heavy atom. The molecule has 6 nitrogen and oxygen atoms in total. The molecule has 0 spiro atoms. The fourth-order valence-corrected chi connectivity index (χ4v) is 0.963. The van der Waals surface area contributed by atoms with Crippen LogP contribution in [0.2, 0.25) is 0 Å². The zero-order valence-electron chi connectivity index (χ0n) is 7.58. The average Bonchev–Trinajstić information content (AvgIpc) is 2.51. The van der Waals surface area contributed by atoms with E-state index in [2.05, 4.69) is 15.1 Å². The van der Waals surface area contributed by atoms with E-state index in [-0.39, 0.29) is 6.01 Å². The summed E-state index contributed by atoms with van der Waals surface area (Å²) in [6.45, 7) is 0. The molecule has 0 amide bonds. The summed E-state index contributed by atoms with van der Waals surface area (Å²) in [4.78, 5) is 7.78. The van der Waals surface area contributed by atoms with Crippen molar-refractivity contribution in [3.05, 3.63) is 24.8 Å². The Bertz CT molecular complexity index is 439. The van der Waals surface area contributed by atoms with E-state index in [1.54, 1.807) is 36.5 Å². The van der Waals surface area contributed by atoms with Gasteiger partial charge in [-0.2, -0.15) is 4.98 Å². The molecule has 0 saturated carbocycles. The fraction of sp³-hybridized carbons (Fsp3) is 0.125. The van der Waals surface area contributed by atoms with Crippen LogP contribution in [0.25, 0.3) is 0 Å². The molecule has 2 N–H and O–H groups in total. The highest BCUT2D eigenvalue weighted by Gasteiger charge is 2.01. The lowest BCUT2D eigenvalue weighted by Gasteiger charge is -1.99. The topological polar surface area (TPSA) is 78.8 Å². The molecule has 6 heteroatoms. The number of rotatable bonds is 2. The quantitative estimate of drug-likeness (QED) is 0.751. The molecule has 72 valence electrons. The summed E-state index contributed by atoms with van der Waals surface area (Å²) >= 11 is 0. The molecule has 0 unspecified atom stereocenters. The number of pyridine rings is 1. The molecule has 0 fully saturated rings. The van der Waals surface area contributed by atoms with Gasteiger partial charge in [0.2, 0.25) is 0 Å². The maximum Gasteiger partial charge on any atom is 0.341 e. The lowest BCUT2D eigenvalue weighted by molar-refractivity contribution is 0.437. The summed E-state index contributed by atoms with van der Waals surface area (Å²) in [7, 11) is 1.76. The van der Waals surface area contributed by atoms with Gasteiger partial charge in [0.25, 0.3) is 0 Å². The first-order chi connectivity index (χ1) is 6.74. The van der Waals surface area contributed by atoms with Crippen LogP contribution < -0.4 is 10.5 Å². The van der Waals surface area contributed by atoms with E-state index in [1.165, 1.54) is 0 Å². The molecule has 0 saturated heterocycles. The SMILES string of the molecule is Cn1cnc(Oc2cncc(N)c2)n1. The lowest BCUT2D eigenvalue weighted by atomic mass is 10.4. The molecule has 2 aromatic rings. The first kappa shape index (κ1) is 8.49. The molecule has 2 heterocycles. The average molecular weight is 191 g/mol. The van der Waals surface area contributed by atoms with Gasteiger partial charge in [0, 0.05) is 13.1 Å². The normalized spacial score (nSPS) is 10.1. The van der Waals surface area contributed by atoms with Crippen molar-refractivity contribution in [2.75, 3.05) is 5.73 Å². The Hall–Kier alpha value is -2.11. The number of nitrogen functional groups attached to an aromatic ring is 1. The van der Waals surface area contributed by atoms with Gasteiger partial charge < -0.3 is 10.5 Å². The van der Waals surface area contributed by atoms with Gasteiger partial charge in [0.1, 0.15) is 6.33 Å². The van der Waals surface area contributed by atoms with E-state index in [0.717, 1.165) is 0 Å². The molecule has 0 radical (unpaired) electrons. The predicted molar refractivity (Wildman–Crippen MR) is 49.7 cm³/mol. The van der Waals surface area contributed by atoms with Gasteiger partial charge in [0.15, 0.2) is 5.75 Å². The third-order valence-corrected chi connectivity index (χ3v) is 1.52. The highest BCUT2D eigenvalue weighted by molar-refractivity contribution is 5.40. The highest BCUT2D eigenvalue weighted by atomic mass is 16.5. The maximum atomic E-state index is 5.53. The Morgan fingerprint density at radius 1 is 1.43 bits per heavy atom. The standard InChI is InChI=1S/C8H9N5O/c1-13-5-11-8(12-13)14-7-2-6(9)3-10-4-7/h2-5H,9H2,1H3. The van der Waals surface area contributed by atoms with Crippen molar-refractivity contribution in [2.45, 2.75) is 0 Å². The second-order valence-corrected chi connectivity index (χ2v) is 2.76. The summed E-state index contributed by atoms with van der Waals surface area (Å²) in [5, 5.41) is 3.95. The Kier molecular flexibility index (Phi) is 2.02. The summed E-state index contributed by atoms with van der Waals surface area (Å²) in [6, 6.07) is 1.93. The Labute approximate surface area is 80.4 Å². The monoisotopic (exact) mass is 191 g/mol. The van der Waals surface area contributed by atoms with Crippen LogP contribution in [0.4, 0.5) is 5.69 Å². The number of aryl methyl sites for hydroxylation is 1. The molecule has 2 aromatic heterocycles. The van der Waals surface area contributed by atoms with Crippen LogP contribution in [-0.2, 0) is 7.05 Å². The number of aromatic nitrogens is 4. The zero-order valence-corrected chi connectivity index (χ0v) is 7.58. The van der Waals surface area contributed by atoms with Crippen LogP contribution >= 0.6 is 0 Å². The minimum atomic E-state index is 0.278. The molecule has 0 atom stereocenters. The highest BCUT2D eigenvalue weighted by Crippen LogP contribution is 2.17. The lowest BCUT2D eigenvalue weighted by Crippen LogP contribution is -1.92. The van der Waals surface area contributed by atoms with E-state index >= 15 is 0 Å². The first-order valence-electron chi connectivity index (χ1n) is 3.98. The molecule has 0 aliphatic heterocycles. The number of hydrogen-bond acceptors (Lipinski definition) is 5. The van der Waals surface area contributed by atoms with E-state index in [4.69, 9.17) is 10.5 Å². The molecule has 0 aromatic carbocycles. The smallest absolute Gasteiger partial charge is 0.341 e. The van der Waals surface area contributed by atoms with E-state index in [1.807, 2.05) is 0 Å². The summed E-state index contributed by atoms with van der Waals surface area (Å²) in [5.41, 5.74) is 6.07. The van der Waals surface area contributed by atoms with Gasteiger partial charge in [0.05, 0.1) is 18.1 Å². The van der Waals surface area contributed by atoms with Gasteiger partial charge in [-0.05, 0) is 0 Å². The third kappa shape index (κ3) is 1.79. The summed E-state index contributed by atoms with van der Waals surface area (Å²) in [6.07, 6.45) is 4.64. The minimum Gasteiger partial charge on any atom is -0.421 e. The maximum absolute atomic E-state index is 5.53. The summed E-state index contributed by atoms with van der Waals surface area (Å²) in [5.74, 6) is 0.524. The van der Waals surface area contributed by atoms with Crippen molar-refractivity contribution in [1.29, 1.82) is 0 Å². The van der Waals surface area contributed by atoms with Crippen molar-refractivity contribution >= 4 is 5.69 Å². The van der Waals surface area contributed by atoms with Gasteiger partial charge in [-0.3, -0.25) is 9.67 Å². The van der Waals surface area contributed by atoms with Crippen LogP contribution in [0, 0.1) is 0 Å². The molecule has 0 aliphatic carbocycles. The summed E-state index contributed by atoms with van der Waals surface area (Å²) < 4.78 is 6.85. The second-order valence-electron chi connectivity index (χ2n) is 2.76. The molecule has 0 aliphatic rings. The van der Waals surface area contributed by atoms with Gasteiger partial charge in [-0.25, -0.2) is 0 Å². The number of nitrogens with zero attached hydrogens (tertiary/aromatic N) is 4. The van der Waals surface area contributed by atoms with Crippen molar-refractivity contribution in [1.82, 2.24) is 19.7 Å². The molecular formula is C8H9N5O. The number of nitrogens with two attached hydrogens (primary N) is 1. The van der Waals surface area contributed by atoms with Crippen molar-refractivity contribution in [3.8, 4) is 11.8 Å². The van der Waals surface area contributed by atoms with E-state index < -0.39 is 0 Å². The van der Waals surface area contributed by atoms with E-state index in [0.29, 0.717) is 11.4 Å². The van der Waals surface area contributed by atoms with Crippen LogP contribution in [0.5, 0.6) is 11.8 Å². The third-order valence-electron chi connectivity index (χ3n) is 1.52. The molecule has 14 heavy (non-hydrogen) atoms. The molecule has 0 bridgehead atoms. The number of ether oxygens (including phenoxy) is 1. The van der Waals surface area contributed by atoms with Gasteiger partial charge in [-0.15, -0.1) is 5.10 Å². The van der Waals surface area contributed by atoms with E-state index in [9.17, 15) is 0 Å². The van der Waals surface area contributed by atoms with Crippen LogP contribution in [-0.4, -0.2) is 19.7 Å². The second kappa shape index (κ2) is 3.33.